The first-order valence-electron chi connectivity index (χ1n) is 5.89. The number of amides is 1. The standard InChI is InChI=1S/C11H22N2O2S/c1-10(12)9-16-8-2-3-11(14)13-4-6-15-7-5-13/h10H,2-9,12H2,1H3. The van der Waals surface area contributed by atoms with E-state index in [0.717, 1.165) is 31.0 Å². The van der Waals surface area contributed by atoms with Gasteiger partial charge in [-0.2, -0.15) is 11.8 Å². The fourth-order valence-corrected chi connectivity index (χ4v) is 2.45. The maximum absolute atomic E-state index is 11.7. The molecule has 0 saturated carbocycles. The summed E-state index contributed by atoms with van der Waals surface area (Å²) < 4.78 is 5.21. The van der Waals surface area contributed by atoms with Crippen molar-refractivity contribution in [1.29, 1.82) is 0 Å². The van der Waals surface area contributed by atoms with Crippen LogP contribution in [0.3, 0.4) is 0 Å². The Kier molecular flexibility index (Phi) is 6.84. The Morgan fingerprint density at radius 3 is 2.81 bits per heavy atom. The van der Waals surface area contributed by atoms with Gasteiger partial charge in [0.05, 0.1) is 13.2 Å². The summed E-state index contributed by atoms with van der Waals surface area (Å²) in [6, 6.07) is 0.250. The number of carbonyl (C=O) groups is 1. The van der Waals surface area contributed by atoms with Crippen LogP contribution in [0.25, 0.3) is 0 Å². The van der Waals surface area contributed by atoms with Crippen LogP contribution in [0, 0.1) is 0 Å². The molecule has 0 aromatic heterocycles. The van der Waals surface area contributed by atoms with E-state index in [1.165, 1.54) is 0 Å². The van der Waals surface area contributed by atoms with Crippen molar-refractivity contribution in [1.82, 2.24) is 4.90 Å². The highest BCUT2D eigenvalue weighted by atomic mass is 32.2. The zero-order valence-electron chi connectivity index (χ0n) is 9.98. The second-order valence-electron chi connectivity index (χ2n) is 4.15. The molecule has 1 heterocycles. The van der Waals surface area contributed by atoms with Gasteiger partial charge in [0.2, 0.25) is 5.91 Å². The summed E-state index contributed by atoms with van der Waals surface area (Å²) in [5.74, 6) is 2.27. The van der Waals surface area contributed by atoms with Crippen LogP contribution in [-0.4, -0.2) is 54.7 Å². The molecular formula is C11H22N2O2S. The summed E-state index contributed by atoms with van der Waals surface area (Å²) in [4.78, 5) is 13.6. The molecule has 1 rings (SSSR count). The van der Waals surface area contributed by atoms with Crippen LogP contribution in [0.4, 0.5) is 0 Å². The predicted octanol–water partition coefficient (Wildman–Crippen LogP) is 0.706. The van der Waals surface area contributed by atoms with Gasteiger partial charge in [0, 0.05) is 31.3 Å². The number of rotatable bonds is 6. The Bertz CT molecular complexity index is 206. The number of morpholine rings is 1. The first kappa shape index (κ1) is 13.8. The maximum atomic E-state index is 11.7. The molecule has 0 spiro atoms. The molecule has 0 aromatic carbocycles. The minimum atomic E-state index is 0.250. The van der Waals surface area contributed by atoms with Crippen molar-refractivity contribution in [3.63, 3.8) is 0 Å². The summed E-state index contributed by atoms with van der Waals surface area (Å²) in [6.45, 7) is 4.89. The largest absolute Gasteiger partial charge is 0.378 e. The lowest BCUT2D eigenvalue weighted by molar-refractivity contribution is -0.135. The third kappa shape index (κ3) is 5.72. The SMILES string of the molecule is CC(N)CSCCCC(=O)N1CCOCC1. The third-order valence-corrected chi connectivity index (χ3v) is 3.76. The van der Waals surface area contributed by atoms with Gasteiger partial charge in [0.15, 0.2) is 0 Å². The van der Waals surface area contributed by atoms with E-state index in [4.69, 9.17) is 10.5 Å². The molecule has 0 aliphatic carbocycles. The number of hydrogen-bond acceptors (Lipinski definition) is 4. The summed E-state index contributed by atoms with van der Waals surface area (Å²) >= 11 is 1.83. The lowest BCUT2D eigenvalue weighted by atomic mass is 10.3. The monoisotopic (exact) mass is 246 g/mol. The molecule has 2 N–H and O–H groups in total. The number of nitrogens with zero attached hydrogens (tertiary/aromatic N) is 1. The molecule has 1 aliphatic rings. The second kappa shape index (κ2) is 7.92. The van der Waals surface area contributed by atoms with Gasteiger partial charge in [0.1, 0.15) is 0 Å². The van der Waals surface area contributed by atoms with Crippen molar-refractivity contribution in [3.8, 4) is 0 Å². The molecule has 1 saturated heterocycles. The highest BCUT2D eigenvalue weighted by molar-refractivity contribution is 7.99. The normalized spacial score (nSPS) is 18.5. The Morgan fingerprint density at radius 2 is 2.19 bits per heavy atom. The van der Waals surface area contributed by atoms with Gasteiger partial charge in [-0.3, -0.25) is 4.79 Å². The van der Waals surface area contributed by atoms with E-state index in [1.54, 1.807) is 0 Å². The Morgan fingerprint density at radius 1 is 1.50 bits per heavy atom. The molecule has 4 nitrogen and oxygen atoms in total. The van der Waals surface area contributed by atoms with E-state index in [9.17, 15) is 4.79 Å². The van der Waals surface area contributed by atoms with Crippen LogP contribution in [0.2, 0.25) is 0 Å². The number of carbonyl (C=O) groups excluding carboxylic acids is 1. The smallest absolute Gasteiger partial charge is 0.222 e. The highest BCUT2D eigenvalue weighted by Crippen LogP contribution is 2.08. The van der Waals surface area contributed by atoms with Crippen LogP contribution < -0.4 is 5.73 Å². The molecule has 1 unspecified atom stereocenters. The maximum Gasteiger partial charge on any atom is 0.222 e. The molecule has 1 aliphatic heterocycles. The van der Waals surface area contributed by atoms with E-state index in [2.05, 4.69) is 0 Å². The molecule has 5 heteroatoms. The number of thioether (sulfide) groups is 1. The van der Waals surface area contributed by atoms with Gasteiger partial charge in [0.25, 0.3) is 0 Å². The Labute approximate surface area is 102 Å². The quantitative estimate of drug-likeness (QED) is 0.701. The van der Waals surface area contributed by atoms with Gasteiger partial charge < -0.3 is 15.4 Å². The lowest BCUT2D eigenvalue weighted by Gasteiger charge is -2.26. The number of nitrogens with two attached hydrogens (primary N) is 1. The molecule has 16 heavy (non-hydrogen) atoms. The topological polar surface area (TPSA) is 55.6 Å². The second-order valence-corrected chi connectivity index (χ2v) is 5.30. The summed E-state index contributed by atoms with van der Waals surface area (Å²) in [6.07, 6.45) is 1.61. The zero-order valence-corrected chi connectivity index (χ0v) is 10.8. The van der Waals surface area contributed by atoms with Crippen molar-refractivity contribution in [2.45, 2.75) is 25.8 Å². The van der Waals surface area contributed by atoms with Crippen molar-refractivity contribution >= 4 is 17.7 Å². The van der Waals surface area contributed by atoms with Crippen LogP contribution in [-0.2, 0) is 9.53 Å². The molecule has 0 radical (unpaired) electrons. The first-order valence-corrected chi connectivity index (χ1v) is 7.04. The predicted molar refractivity (Wildman–Crippen MR) is 67.6 cm³/mol. The average molecular weight is 246 g/mol. The van der Waals surface area contributed by atoms with Crippen molar-refractivity contribution in [2.24, 2.45) is 5.73 Å². The van der Waals surface area contributed by atoms with E-state index < -0.39 is 0 Å². The lowest BCUT2D eigenvalue weighted by Crippen LogP contribution is -2.40. The van der Waals surface area contributed by atoms with Crippen molar-refractivity contribution in [3.05, 3.63) is 0 Å². The molecule has 1 atom stereocenters. The van der Waals surface area contributed by atoms with E-state index >= 15 is 0 Å². The van der Waals surface area contributed by atoms with Crippen molar-refractivity contribution in [2.75, 3.05) is 37.8 Å². The molecule has 0 bridgehead atoms. The fraction of sp³-hybridized carbons (Fsp3) is 0.909. The number of ether oxygens (including phenoxy) is 1. The van der Waals surface area contributed by atoms with Gasteiger partial charge in [-0.05, 0) is 19.1 Å². The minimum Gasteiger partial charge on any atom is -0.378 e. The van der Waals surface area contributed by atoms with Crippen LogP contribution >= 0.6 is 11.8 Å². The fourth-order valence-electron chi connectivity index (χ4n) is 1.57. The van der Waals surface area contributed by atoms with Gasteiger partial charge >= 0.3 is 0 Å². The first-order chi connectivity index (χ1) is 7.70. The summed E-state index contributed by atoms with van der Waals surface area (Å²) in [7, 11) is 0. The van der Waals surface area contributed by atoms with Crippen LogP contribution in [0.15, 0.2) is 0 Å². The molecular weight excluding hydrogens is 224 g/mol. The van der Waals surface area contributed by atoms with Gasteiger partial charge in [-0.1, -0.05) is 0 Å². The average Bonchev–Trinajstić information content (AvgIpc) is 2.29. The Hall–Kier alpha value is -0.260. The van der Waals surface area contributed by atoms with E-state index in [-0.39, 0.29) is 11.9 Å². The number of hydrogen-bond donors (Lipinski definition) is 1. The van der Waals surface area contributed by atoms with Crippen LogP contribution in [0.5, 0.6) is 0 Å². The molecule has 1 amide bonds. The molecule has 94 valence electrons. The van der Waals surface area contributed by atoms with E-state index in [0.29, 0.717) is 19.6 Å². The highest BCUT2D eigenvalue weighted by Gasteiger charge is 2.15. The zero-order chi connectivity index (χ0) is 11.8. The van der Waals surface area contributed by atoms with E-state index in [1.807, 2.05) is 23.6 Å². The molecule has 1 fully saturated rings. The van der Waals surface area contributed by atoms with Gasteiger partial charge in [-0.15, -0.1) is 0 Å². The van der Waals surface area contributed by atoms with Gasteiger partial charge in [-0.25, -0.2) is 0 Å². The summed E-state index contributed by atoms with van der Waals surface area (Å²) in [5, 5.41) is 0. The minimum absolute atomic E-state index is 0.250. The van der Waals surface area contributed by atoms with Crippen LogP contribution in [0.1, 0.15) is 19.8 Å². The van der Waals surface area contributed by atoms with Crippen molar-refractivity contribution < 1.29 is 9.53 Å². The Balaban J connectivity index is 2.01. The molecule has 0 aromatic rings. The summed E-state index contributed by atoms with van der Waals surface area (Å²) in [5.41, 5.74) is 5.64. The third-order valence-electron chi connectivity index (χ3n) is 2.42.